The van der Waals surface area contributed by atoms with Gasteiger partial charge in [0.1, 0.15) is 5.75 Å². The van der Waals surface area contributed by atoms with Crippen LogP contribution in [0.25, 0.3) is 16.4 Å². The predicted octanol–water partition coefficient (Wildman–Crippen LogP) is 4.85. The Bertz CT molecular complexity index is 1290. The van der Waals surface area contributed by atoms with E-state index in [1.54, 1.807) is 36.6 Å². The van der Waals surface area contributed by atoms with E-state index >= 15 is 0 Å². The zero-order valence-corrected chi connectivity index (χ0v) is 19.5. The molecule has 0 fully saturated rings. The Morgan fingerprint density at radius 3 is 2.82 bits per heavy atom. The van der Waals surface area contributed by atoms with Gasteiger partial charge in [-0.1, -0.05) is 30.0 Å². The minimum absolute atomic E-state index is 0.161. The van der Waals surface area contributed by atoms with Crippen molar-refractivity contribution in [1.29, 1.82) is 0 Å². The Labute approximate surface area is 198 Å². The molecule has 4 aromatic rings. The van der Waals surface area contributed by atoms with E-state index in [0.29, 0.717) is 33.9 Å². The molecule has 3 heterocycles. The fourth-order valence-electron chi connectivity index (χ4n) is 3.37. The monoisotopic (exact) mass is 480 g/mol. The number of hydrogen-bond donors (Lipinski definition) is 1. The van der Waals surface area contributed by atoms with E-state index in [2.05, 4.69) is 15.5 Å². The molecule has 8 nitrogen and oxygen atoms in total. The van der Waals surface area contributed by atoms with Crippen LogP contribution in [0.4, 0.5) is 5.69 Å². The third-order valence-corrected chi connectivity index (χ3v) is 6.90. The molecular formula is C23H20N4O4S2. The smallest absolute Gasteiger partial charge is 0.237 e. The summed E-state index contributed by atoms with van der Waals surface area (Å²) in [5.74, 6) is 2.51. The summed E-state index contributed by atoms with van der Waals surface area (Å²) in [5.41, 5.74) is 1.45. The number of anilines is 1. The van der Waals surface area contributed by atoms with Gasteiger partial charge in [-0.05, 0) is 42.6 Å². The molecule has 5 rings (SSSR count). The number of nitrogens with zero attached hydrogens (tertiary/aromatic N) is 3. The number of ether oxygens (including phenoxy) is 3. The molecule has 1 amide bonds. The molecule has 2 aromatic carbocycles. The van der Waals surface area contributed by atoms with Crippen molar-refractivity contribution in [3.63, 3.8) is 0 Å². The van der Waals surface area contributed by atoms with Crippen molar-refractivity contribution in [3.05, 3.63) is 60.0 Å². The lowest BCUT2D eigenvalue weighted by atomic mass is 10.2. The van der Waals surface area contributed by atoms with E-state index in [9.17, 15) is 4.79 Å². The number of fused-ring (bicyclic) bond motifs is 1. The minimum atomic E-state index is -0.440. The highest BCUT2D eigenvalue weighted by atomic mass is 32.2. The fraction of sp³-hybridized carbons (Fsp3) is 0.174. The number of nitrogens with one attached hydrogen (secondary N) is 1. The Hall–Kier alpha value is -3.50. The maximum Gasteiger partial charge on any atom is 0.237 e. The Morgan fingerprint density at radius 1 is 1.15 bits per heavy atom. The number of carbonyl (C=O) groups excluding carboxylic acids is 1. The second-order valence-corrected chi connectivity index (χ2v) is 9.36. The second-order valence-electron chi connectivity index (χ2n) is 7.11. The number of methoxy groups -OCH3 is 1. The van der Waals surface area contributed by atoms with Crippen molar-refractivity contribution in [2.45, 2.75) is 17.3 Å². The Kier molecular flexibility index (Phi) is 5.93. The molecule has 1 aliphatic rings. The number of carbonyl (C=O) groups is 1. The zero-order valence-electron chi connectivity index (χ0n) is 17.8. The lowest BCUT2D eigenvalue weighted by molar-refractivity contribution is -0.115. The first-order valence-electron chi connectivity index (χ1n) is 10.1. The highest BCUT2D eigenvalue weighted by molar-refractivity contribution is 8.00. The van der Waals surface area contributed by atoms with Crippen LogP contribution >= 0.6 is 23.1 Å². The summed E-state index contributed by atoms with van der Waals surface area (Å²) in [6.07, 6.45) is 0. The largest absolute Gasteiger partial charge is 0.495 e. The SMILES string of the molecule is COc1ccccc1-n1c(S[C@@H](C)C(=O)Nc2ccc3c(c2)OCO3)nnc1-c1cccs1. The molecule has 33 heavy (non-hydrogen) atoms. The van der Waals surface area contributed by atoms with Gasteiger partial charge in [-0.25, -0.2) is 0 Å². The third-order valence-electron chi connectivity index (χ3n) is 4.99. The van der Waals surface area contributed by atoms with Crippen molar-refractivity contribution in [2.75, 3.05) is 19.2 Å². The molecule has 2 aromatic heterocycles. The molecule has 1 aliphatic heterocycles. The molecule has 0 saturated heterocycles. The quantitative estimate of drug-likeness (QED) is 0.378. The molecular weight excluding hydrogens is 460 g/mol. The summed E-state index contributed by atoms with van der Waals surface area (Å²) < 4.78 is 18.2. The number of benzene rings is 2. The van der Waals surface area contributed by atoms with Crippen LogP contribution in [0.1, 0.15) is 6.92 Å². The topological polar surface area (TPSA) is 87.5 Å². The molecule has 1 N–H and O–H groups in total. The van der Waals surface area contributed by atoms with Gasteiger partial charge in [-0.3, -0.25) is 9.36 Å². The van der Waals surface area contributed by atoms with Gasteiger partial charge in [-0.15, -0.1) is 21.5 Å². The van der Waals surface area contributed by atoms with Crippen LogP contribution in [0, 0.1) is 0 Å². The van der Waals surface area contributed by atoms with Gasteiger partial charge >= 0.3 is 0 Å². The molecule has 0 saturated carbocycles. The zero-order chi connectivity index (χ0) is 22.8. The first-order chi connectivity index (χ1) is 16.1. The summed E-state index contributed by atoms with van der Waals surface area (Å²) >= 11 is 2.90. The molecule has 1 atom stereocenters. The second kappa shape index (κ2) is 9.16. The van der Waals surface area contributed by atoms with Crippen molar-refractivity contribution in [3.8, 4) is 33.6 Å². The summed E-state index contributed by atoms with van der Waals surface area (Å²) in [4.78, 5) is 13.9. The van der Waals surface area contributed by atoms with Crippen LogP contribution in [0.2, 0.25) is 0 Å². The van der Waals surface area contributed by atoms with E-state index in [0.717, 1.165) is 10.6 Å². The van der Waals surface area contributed by atoms with Crippen LogP contribution in [0.5, 0.6) is 17.2 Å². The maximum atomic E-state index is 12.9. The molecule has 0 spiro atoms. The number of amides is 1. The lowest BCUT2D eigenvalue weighted by Crippen LogP contribution is -2.22. The van der Waals surface area contributed by atoms with Gasteiger partial charge < -0.3 is 19.5 Å². The Morgan fingerprint density at radius 2 is 2.00 bits per heavy atom. The van der Waals surface area contributed by atoms with E-state index in [4.69, 9.17) is 14.2 Å². The maximum absolute atomic E-state index is 12.9. The Balaban J connectivity index is 1.42. The number of thiophene rings is 1. The highest BCUT2D eigenvalue weighted by Crippen LogP contribution is 2.36. The molecule has 0 unspecified atom stereocenters. The summed E-state index contributed by atoms with van der Waals surface area (Å²) in [6, 6.07) is 16.9. The van der Waals surface area contributed by atoms with Crippen LogP contribution in [0.3, 0.4) is 0 Å². The lowest BCUT2D eigenvalue weighted by Gasteiger charge is -2.15. The normalized spacial score (nSPS) is 13.0. The van der Waals surface area contributed by atoms with Crippen molar-refractivity contribution in [1.82, 2.24) is 14.8 Å². The molecule has 0 radical (unpaired) electrons. The average Bonchev–Trinajstić information content (AvgIpc) is 3.59. The third kappa shape index (κ3) is 4.27. The van der Waals surface area contributed by atoms with Gasteiger partial charge in [0.05, 0.1) is 22.9 Å². The van der Waals surface area contributed by atoms with Crippen molar-refractivity contribution < 1.29 is 19.0 Å². The standard InChI is InChI=1S/C23H20N4O4S2/c1-14(22(28)24-15-9-10-18-19(12-15)31-13-30-18)33-23-26-25-21(20-8-5-11-32-20)27(23)16-6-3-4-7-17(16)29-2/h3-12,14H,13H2,1-2H3,(H,24,28)/t14-/m0/s1. The van der Waals surface area contributed by atoms with Crippen LogP contribution in [-0.2, 0) is 4.79 Å². The molecule has 0 aliphatic carbocycles. The number of thioether (sulfide) groups is 1. The van der Waals surface area contributed by atoms with E-state index in [-0.39, 0.29) is 12.7 Å². The van der Waals surface area contributed by atoms with Gasteiger partial charge in [0.15, 0.2) is 22.5 Å². The van der Waals surface area contributed by atoms with Gasteiger partial charge in [-0.2, -0.15) is 0 Å². The minimum Gasteiger partial charge on any atom is -0.495 e. The van der Waals surface area contributed by atoms with Gasteiger partial charge in [0, 0.05) is 11.8 Å². The summed E-state index contributed by atoms with van der Waals surface area (Å²) in [6.45, 7) is 2.02. The molecule has 168 valence electrons. The van der Waals surface area contributed by atoms with Gasteiger partial charge in [0.25, 0.3) is 0 Å². The van der Waals surface area contributed by atoms with Crippen LogP contribution in [-0.4, -0.2) is 39.8 Å². The summed E-state index contributed by atoms with van der Waals surface area (Å²) in [5, 5.41) is 13.9. The molecule has 10 heteroatoms. The van der Waals surface area contributed by atoms with E-state index < -0.39 is 5.25 Å². The van der Waals surface area contributed by atoms with Crippen molar-refractivity contribution >= 4 is 34.7 Å². The first kappa shape index (κ1) is 21.4. The van der Waals surface area contributed by atoms with Crippen molar-refractivity contribution in [2.24, 2.45) is 0 Å². The van der Waals surface area contributed by atoms with E-state index in [1.807, 2.05) is 53.3 Å². The number of hydrogen-bond acceptors (Lipinski definition) is 8. The first-order valence-corrected chi connectivity index (χ1v) is 11.9. The number of rotatable bonds is 7. The number of para-hydroxylation sites is 2. The fourth-order valence-corrected chi connectivity index (χ4v) is 4.93. The predicted molar refractivity (Wildman–Crippen MR) is 128 cm³/mol. The highest BCUT2D eigenvalue weighted by Gasteiger charge is 2.24. The van der Waals surface area contributed by atoms with E-state index in [1.165, 1.54) is 11.8 Å². The molecule has 0 bridgehead atoms. The average molecular weight is 481 g/mol. The summed E-state index contributed by atoms with van der Waals surface area (Å²) in [7, 11) is 1.63. The van der Waals surface area contributed by atoms with Crippen LogP contribution < -0.4 is 19.5 Å². The van der Waals surface area contributed by atoms with Crippen LogP contribution in [0.15, 0.2) is 65.1 Å². The number of aromatic nitrogens is 3. The van der Waals surface area contributed by atoms with Gasteiger partial charge in [0.2, 0.25) is 12.7 Å².